The lowest BCUT2D eigenvalue weighted by Crippen LogP contribution is -2.29. The second-order valence-corrected chi connectivity index (χ2v) is 9.19. The van der Waals surface area contributed by atoms with Gasteiger partial charge in [-0.2, -0.15) is 26.3 Å². The van der Waals surface area contributed by atoms with E-state index >= 15 is 0 Å². The third-order valence-corrected chi connectivity index (χ3v) is 5.76. The predicted molar refractivity (Wildman–Crippen MR) is 160 cm³/mol. The molecule has 0 saturated carbocycles. The van der Waals surface area contributed by atoms with Gasteiger partial charge in [0.05, 0.1) is 22.3 Å². The van der Waals surface area contributed by atoms with Crippen molar-refractivity contribution in [1.29, 1.82) is 0 Å². The van der Waals surface area contributed by atoms with E-state index in [0.29, 0.717) is 16.7 Å². The molecule has 236 valence electrons. The zero-order chi connectivity index (χ0) is 31.7. The molecule has 6 nitrogen and oxygen atoms in total. The highest BCUT2D eigenvalue weighted by Crippen LogP contribution is 2.31. The maximum atomic E-state index is 12.4. The minimum absolute atomic E-state index is 0. The number of rotatable bonds is 4. The standard InChI is InChI=1S/C14H9F3O2.C7H6BF3O2.C7H5BrO2.2CH4/c15-14(16,17)12-6-4-9(5-7-12)10-2-1-3-11(8-10)13(18)19;9-7(10,11)5-1-3-6(4-2-5)8(12)13;8-6-3-1-2-5(4-6)7(9)10;;/h1-8H,(H,18,19);1-4,12-13H;1-4H,(H,9,10);2*1H4. The van der Waals surface area contributed by atoms with Gasteiger partial charge in [-0.05, 0) is 59.1 Å². The third kappa shape index (κ3) is 12.6. The van der Waals surface area contributed by atoms with Crippen LogP contribution in [-0.2, 0) is 12.4 Å². The first-order valence-corrected chi connectivity index (χ1v) is 12.3. The number of benzene rings is 4. The van der Waals surface area contributed by atoms with Crippen molar-refractivity contribution in [3.8, 4) is 11.1 Å². The van der Waals surface area contributed by atoms with Crippen LogP contribution in [0.15, 0.2) is 102 Å². The van der Waals surface area contributed by atoms with Crippen LogP contribution < -0.4 is 5.46 Å². The first-order valence-electron chi connectivity index (χ1n) is 11.5. The van der Waals surface area contributed by atoms with Gasteiger partial charge in [-0.3, -0.25) is 0 Å². The molecule has 14 heteroatoms. The van der Waals surface area contributed by atoms with Crippen LogP contribution in [0, 0.1) is 0 Å². The average molecular weight is 689 g/mol. The summed E-state index contributed by atoms with van der Waals surface area (Å²) >= 11 is 3.17. The van der Waals surface area contributed by atoms with Gasteiger partial charge >= 0.3 is 31.4 Å². The Bertz CT molecular complexity index is 1490. The Hall–Kier alpha value is -4.14. The highest BCUT2D eigenvalue weighted by atomic mass is 79.9. The highest BCUT2D eigenvalue weighted by molar-refractivity contribution is 9.10. The molecule has 0 fully saturated rings. The molecule has 0 aromatic heterocycles. The average Bonchev–Trinajstić information content (AvgIpc) is 2.93. The lowest BCUT2D eigenvalue weighted by Gasteiger charge is -2.08. The molecule has 0 amide bonds. The van der Waals surface area contributed by atoms with Gasteiger partial charge < -0.3 is 20.3 Å². The number of carboxylic acids is 2. The van der Waals surface area contributed by atoms with Crippen LogP contribution in [-0.4, -0.2) is 39.3 Å². The number of halogens is 7. The van der Waals surface area contributed by atoms with Crippen LogP contribution >= 0.6 is 15.9 Å². The zero-order valence-electron chi connectivity index (χ0n) is 21.1. The van der Waals surface area contributed by atoms with Gasteiger partial charge in [0.15, 0.2) is 0 Å². The number of hydrogen-bond donors (Lipinski definition) is 4. The van der Waals surface area contributed by atoms with Crippen molar-refractivity contribution >= 4 is 40.4 Å². The Morgan fingerprint density at radius 2 is 1.00 bits per heavy atom. The summed E-state index contributed by atoms with van der Waals surface area (Å²) in [4.78, 5) is 21.2. The van der Waals surface area contributed by atoms with E-state index < -0.39 is 42.5 Å². The van der Waals surface area contributed by atoms with Crippen LogP contribution in [0.5, 0.6) is 0 Å². The number of aromatic carboxylic acids is 2. The number of carbonyl (C=O) groups is 2. The van der Waals surface area contributed by atoms with E-state index in [2.05, 4.69) is 15.9 Å². The molecule has 4 aromatic rings. The maximum Gasteiger partial charge on any atom is 0.488 e. The fraction of sp³-hybridized carbons (Fsp3) is 0.133. The SMILES string of the molecule is C.C.O=C(O)c1cccc(-c2ccc(C(F)(F)F)cc2)c1.O=C(O)c1cccc(Br)c1.OB(O)c1ccc(C(F)(F)F)cc1. The molecule has 4 aromatic carbocycles. The van der Waals surface area contributed by atoms with Gasteiger partial charge in [0, 0.05) is 4.47 Å². The Labute approximate surface area is 258 Å². The van der Waals surface area contributed by atoms with Crippen LogP contribution in [0.3, 0.4) is 0 Å². The summed E-state index contributed by atoms with van der Waals surface area (Å²) in [5.74, 6) is -1.98. The summed E-state index contributed by atoms with van der Waals surface area (Å²) in [5.41, 5.74) is -0.00737. The van der Waals surface area contributed by atoms with Crippen LogP contribution in [0.4, 0.5) is 26.3 Å². The molecule has 0 aliphatic heterocycles. The Morgan fingerprint density at radius 1 is 0.591 bits per heavy atom. The number of hydrogen-bond acceptors (Lipinski definition) is 4. The summed E-state index contributed by atoms with van der Waals surface area (Å²) in [7, 11) is -1.73. The van der Waals surface area contributed by atoms with Crippen molar-refractivity contribution in [3.63, 3.8) is 0 Å². The molecular formula is C30H28BBrF6O6. The zero-order valence-corrected chi connectivity index (χ0v) is 22.7. The molecular weight excluding hydrogens is 661 g/mol. The summed E-state index contributed by atoms with van der Waals surface area (Å²) in [6, 6.07) is 20.9. The van der Waals surface area contributed by atoms with E-state index in [4.69, 9.17) is 20.3 Å². The molecule has 0 saturated heterocycles. The lowest BCUT2D eigenvalue weighted by molar-refractivity contribution is -0.138. The monoisotopic (exact) mass is 688 g/mol. The van der Waals surface area contributed by atoms with Gasteiger partial charge in [-0.25, -0.2) is 9.59 Å². The normalized spacial score (nSPS) is 10.4. The number of carboxylic acid groups (broad SMARTS) is 2. The van der Waals surface area contributed by atoms with E-state index in [1.54, 1.807) is 36.4 Å². The summed E-state index contributed by atoms with van der Waals surface area (Å²) in [6.07, 6.45) is -8.76. The van der Waals surface area contributed by atoms with Gasteiger partial charge in [0.25, 0.3) is 0 Å². The van der Waals surface area contributed by atoms with E-state index in [1.807, 2.05) is 0 Å². The largest absolute Gasteiger partial charge is 0.488 e. The smallest absolute Gasteiger partial charge is 0.478 e. The van der Waals surface area contributed by atoms with E-state index in [-0.39, 0.29) is 25.9 Å². The van der Waals surface area contributed by atoms with Crippen molar-refractivity contribution in [2.75, 3.05) is 0 Å². The van der Waals surface area contributed by atoms with E-state index in [9.17, 15) is 35.9 Å². The molecule has 44 heavy (non-hydrogen) atoms. The first kappa shape index (κ1) is 39.9. The maximum absolute atomic E-state index is 12.4. The molecule has 0 unspecified atom stereocenters. The second-order valence-electron chi connectivity index (χ2n) is 8.27. The fourth-order valence-electron chi connectivity index (χ4n) is 3.15. The molecule has 0 aliphatic rings. The predicted octanol–water partition coefficient (Wildman–Crippen LogP) is 7.88. The molecule has 0 bridgehead atoms. The van der Waals surface area contributed by atoms with Gasteiger partial charge in [0.2, 0.25) is 0 Å². The summed E-state index contributed by atoms with van der Waals surface area (Å²) < 4.78 is 74.0. The molecule has 0 heterocycles. The highest BCUT2D eigenvalue weighted by Gasteiger charge is 2.31. The fourth-order valence-corrected chi connectivity index (χ4v) is 3.55. The Kier molecular flexibility index (Phi) is 15.6. The molecule has 0 radical (unpaired) electrons. The molecule has 4 rings (SSSR count). The van der Waals surface area contributed by atoms with E-state index in [0.717, 1.165) is 40.9 Å². The summed E-state index contributed by atoms with van der Waals surface area (Å²) in [5, 5.41) is 34.5. The quantitative estimate of drug-likeness (QED) is 0.128. The molecule has 0 atom stereocenters. The molecule has 0 spiro atoms. The van der Waals surface area contributed by atoms with Crippen LogP contribution in [0.2, 0.25) is 0 Å². The first-order chi connectivity index (χ1) is 19.5. The van der Waals surface area contributed by atoms with Gasteiger partial charge in [0.1, 0.15) is 0 Å². The minimum Gasteiger partial charge on any atom is -0.478 e. The van der Waals surface area contributed by atoms with Crippen LogP contribution in [0.25, 0.3) is 11.1 Å². The van der Waals surface area contributed by atoms with E-state index in [1.165, 1.54) is 24.3 Å². The van der Waals surface area contributed by atoms with Crippen molar-refractivity contribution in [2.24, 2.45) is 0 Å². The van der Waals surface area contributed by atoms with Gasteiger partial charge in [-0.15, -0.1) is 0 Å². The lowest BCUT2D eigenvalue weighted by atomic mass is 9.80. The topological polar surface area (TPSA) is 115 Å². The van der Waals surface area contributed by atoms with Crippen molar-refractivity contribution in [2.45, 2.75) is 27.2 Å². The Morgan fingerprint density at radius 3 is 1.36 bits per heavy atom. The number of alkyl halides is 6. The molecule has 0 aliphatic carbocycles. The molecule has 4 N–H and O–H groups in total. The van der Waals surface area contributed by atoms with Crippen molar-refractivity contribution in [3.05, 3.63) is 124 Å². The second kappa shape index (κ2) is 17.2. The Balaban J connectivity index is 0.000000651. The van der Waals surface area contributed by atoms with Gasteiger partial charge in [-0.1, -0.05) is 85.4 Å². The van der Waals surface area contributed by atoms with Crippen LogP contribution in [0.1, 0.15) is 46.7 Å². The third-order valence-electron chi connectivity index (χ3n) is 5.26. The summed E-state index contributed by atoms with van der Waals surface area (Å²) in [6.45, 7) is 0. The van der Waals surface area contributed by atoms with Crippen molar-refractivity contribution in [1.82, 2.24) is 0 Å². The minimum atomic E-state index is -4.39. The van der Waals surface area contributed by atoms with Crippen molar-refractivity contribution < 1.29 is 56.2 Å².